The molecule has 1 saturated carbocycles. The summed E-state index contributed by atoms with van der Waals surface area (Å²) < 4.78 is 5.78. The average Bonchev–Trinajstić information content (AvgIpc) is 2.93. The van der Waals surface area contributed by atoms with Gasteiger partial charge in [0.15, 0.2) is 5.58 Å². The van der Waals surface area contributed by atoms with Crippen LogP contribution in [0.4, 0.5) is 0 Å². The summed E-state index contributed by atoms with van der Waals surface area (Å²) in [6.07, 6.45) is 2.21. The Hall–Kier alpha value is -1.35. The number of nitrogens with zero attached hydrogens (tertiary/aromatic N) is 1. The maximum absolute atomic E-state index is 5.78. The van der Waals surface area contributed by atoms with Crippen LogP contribution in [0, 0.1) is 6.92 Å². The molecule has 0 radical (unpaired) electrons. The molecule has 1 aliphatic carbocycles. The number of aryl methyl sites for hydroxylation is 1. The van der Waals surface area contributed by atoms with Crippen molar-refractivity contribution >= 4 is 11.1 Å². The SMILES string of the molecule is Cc1ccc2nc(C3(CN)CC3)oc2c1. The van der Waals surface area contributed by atoms with Crippen molar-refractivity contribution in [3.8, 4) is 0 Å². The lowest BCUT2D eigenvalue weighted by Crippen LogP contribution is -2.19. The summed E-state index contributed by atoms with van der Waals surface area (Å²) >= 11 is 0. The predicted molar refractivity (Wildman–Crippen MR) is 58.7 cm³/mol. The van der Waals surface area contributed by atoms with Gasteiger partial charge in [-0.1, -0.05) is 6.07 Å². The van der Waals surface area contributed by atoms with Crippen molar-refractivity contribution in [3.05, 3.63) is 29.7 Å². The van der Waals surface area contributed by atoms with Crippen molar-refractivity contribution < 1.29 is 4.42 Å². The zero-order valence-corrected chi connectivity index (χ0v) is 8.79. The van der Waals surface area contributed by atoms with E-state index in [4.69, 9.17) is 10.2 Å². The molecule has 3 nitrogen and oxygen atoms in total. The van der Waals surface area contributed by atoms with E-state index in [1.165, 1.54) is 5.56 Å². The van der Waals surface area contributed by atoms with Gasteiger partial charge in [-0.3, -0.25) is 0 Å². The van der Waals surface area contributed by atoms with E-state index in [1.807, 2.05) is 12.1 Å². The van der Waals surface area contributed by atoms with Crippen LogP contribution in [0.15, 0.2) is 22.6 Å². The zero-order chi connectivity index (χ0) is 10.5. The van der Waals surface area contributed by atoms with Crippen molar-refractivity contribution in [3.63, 3.8) is 0 Å². The van der Waals surface area contributed by atoms with Crippen LogP contribution in [0.1, 0.15) is 24.3 Å². The fourth-order valence-corrected chi connectivity index (χ4v) is 1.91. The first-order valence-corrected chi connectivity index (χ1v) is 5.31. The number of hydrogen-bond donors (Lipinski definition) is 1. The highest BCUT2D eigenvalue weighted by molar-refractivity contribution is 5.73. The standard InChI is InChI=1S/C12H14N2O/c1-8-2-3-9-10(6-8)15-11(14-9)12(7-13)4-5-12/h2-3,6H,4-5,7,13H2,1H3. The molecule has 0 bridgehead atoms. The topological polar surface area (TPSA) is 52.0 Å². The summed E-state index contributed by atoms with van der Waals surface area (Å²) in [6, 6.07) is 6.08. The lowest BCUT2D eigenvalue weighted by atomic mass is 10.1. The molecule has 2 aromatic rings. The Bertz CT molecular complexity index is 511. The molecular weight excluding hydrogens is 188 g/mol. The third kappa shape index (κ3) is 1.27. The molecule has 15 heavy (non-hydrogen) atoms. The molecule has 0 unspecified atom stereocenters. The summed E-state index contributed by atoms with van der Waals surface area (Å²) in [5.41, 5.74) is 8.82. The Morgan fingerprint density at radius 3 is 2.93 bits per heavy atom. The fraction of sp³-hybridized carbons (Fsp3) is 0.417. The van der Waals surface area contributed by atoms with E-state index in [1.54, 1.807) is 0 Å². The third-order valence-electron chi connectivity index (χ3n) is 3.24. The van der Waals surface area contributed by atoms with Crippen LogP contribution in [-0.4, -0.2) is 11.5 Å². The fourth-order valence-electron chi connectivity index (χ4n) is 1.91. The summed E-state index contributed by atoms with van der Waals surface area (Å²) in [5.74, 6) is 0.825. The minimum absolute atomic E-state index is 0.0485. The number of fused-ring (bicyclic) bond motifs is 1. The van der Waals surface area contributed by atoms with E-state index in [0.717, 1.165) is 29.8 Å². The molecule has 0 saturated heterocycles. The van der Waals surface area contributed by atoms with Crippen molar-refractivity contribution in [1.29, 1.82) is 0 Å². The highest BCUT2D eigenvalue weighted by Gasteiger charge is 2.47. The number of hydrogen-bond acceptors (Lipinski definition) is 3. The van der Waals surface area contributed by atoms with Gasteiger partial charge in [0.25, 0.3) is 0 Å². The monoisotopic (exact) mass is 202 g/mol. The Labute approximate surface area is 88.3 Å². The number of benzene rings is 1. The molecule has 0 amide bonds. The quantitative estimate of drug-likeness (QED) is 0.811. The van der Waals surface area contributed by atoms with Gasteiger partial charge in [0.2, 0.25) is 5.89 Å². The zero-order valence-electron chi connectivity index (χ0n) is 8.79. The summed E-state index contributed by atoms with van der Waals surface area (Å²) in [7, 11) is 0. The smallest absolute Gasteiger partial charge is 0.202 e. The van der Waals surface area contributed by atoms with Crippen molar-refractivity contribution in [2.24, 2.45) is 5.73 Å². The Kier molecular flexibility index (Phi) is 1.68. The Balaban J connectivity index is 2.14. The number of rotatable bonds is 2. The molecule has 78 valence electrons. The molecule has 3 heteroatoms. The van der Waals surface area contributed by atoms with Crippen LogP contribution in [0.3, 0.4) is 0 Å². The van der Waals surface area contributed by atoms with Crippen LogP contribution < -0.4 is 5.73 Å². The van der Waals surface area contributed by atoms with Gasteiger partial charge < -0.3 is 10.2 Å². The minimum atomic E-state index is 0.0485. The van der Waals surface area contributed by atoms with Gasteiger partial charge in [0.05, 0.1) is 5.41 Å². The van der Waals surface area contributed by atoms with E-state index in [2.05, 4.69) is 18.0 Å². The van der Waals surface area contributed by atoms with Gasteiger partial charge in [-0.05, 0) is 37.5 Å². The van der Waals surface area contributed by atoms with Crippen LogP contribution in [0.2, 0.25) is 0 Å². The summed E-state index contributed by atoms with van der Waals surface area (Å²) in [4.78, 5) is 4.51. The summed E-state index contributed by atoms with van der Waals surface area (Å²) in [5, 5.41) is 0. The molecule has 2 N–H and O–H groups in total. The normalized spacial score (nSPS) is 18.3. The summed E-state index contributed by atoms with van der Waals surface area (Å²) in [6.45, 7) is 2.69. The van der Waals surface area contributed by atoms with E-state index < -0.39 is 0 Å². The second-order valence-corrected chi connectivity index (χ2v) is 4.47. The highest BCUT2D eigenvalue weighted by atomic mass is 16.3. The molecule has 3 rings (SSSR count). The maximum Gasteiger partial charge on any atom is 0.202 e. The molecular formula is C12H14N2O. The predicted octanol–water partition coefficient (Wildman–Crippen LogP) is 2.13. The van der Waals surface area contributed by atoms with E-state index in [0.29, 0.717) is 6.54 Å². The minimum Gasteiger partial charge on any atom is -0.440 e. The Morgan fingerprint density at radius 2 is 2.27 bits per heavy atom. The van der Waals surface area contributed by atoms with Gasteiger partial charge in [-0.15, -0.1) is 0 Å². The lowest BCUT2D eigenvalue weighted by molar-refractivity contribution is 0.462. The first-order chi connectivity index (χ1) is 7.23. The third-order valence-corrected chi connectivity index (χ3v) is 3.24. The lowest BCUT2D eigenvalue weighted by Gasteiger charge is -2.04. The van der Waals surface area contributed by atoms with Crippen molar-refractivity contribution in [2.75, 3.05) is 6.54 Å². The number of aromatic nitrogens is 1. The van der Waals surface area contributed by atoms with Gasteiger partial charge >= 0.3 is 0 Å². The van der Waals surface area contributed by atoms with Crippen LogP contribution in [0.25, 0.3) is 11.1 Å². The maximum atomic E-state index is 5.78. The van der Waals surface area contributed by atoms with Gasteiger partial charge in [0, 0.05) is 6.54 Å². The number of nitrogens with two attached hydrogens (primary N) is 1. The van der Waals surface area contributed by atoms with Crippen LogP contribution in [-0.2, 0) is 5.41 Å². The van der Waals surface area contributed by atoms with Crippen molar-refractivity contribution in [2.45, 2.75) is 25.2 Å². The second kappa shape index (κ2) is 2.83. The van der Waals surface area contributed by atoms with Crippen LogP contribution in [0.5, 0.6) is 0 Å². The van der Waals surface area contributed by atoms with Gasteiger partial charge in [-0.25, -0.2) is 4.98 Å². The molecule has 1 aromatic carbocycles. The molecule has 1 heterocycles. The number of oxazole rings is 1. The molecule has 0 spiro atoms. The van der Waals surface area contributed by atoms with E-state index in [-0.39, 0.29) is 5.41 Å². The molecule has 1 aromatic heterocycles. The average molecular weight is 202 g/mol. The first kappa shape index (κ1) is 8.92. The largest absolute Gasteiger partial charge is 0.440 e. The molecule has 0 atom stereocenters. The molecule has 1 aliphatic rings. The molecule has 1 fully saturated rings. The second-order valence-electron chi connectivity index (χ2n) is 4.47. The first-order valence-electron chi connectivity index (χ1n) is 5.31. The van der Waals surface area contributed by atoms with Gasteiger partial charge in [0.1, 0.15) is 5.52 Å². The van der Waals surface area contributed by atoms with E-state index in [9.17, 15) is 0 Å². The Morgan fingerprint density at radius 1 is 1.47 bits per heavy atom. The molecule has 0 aliphatic heterocycles. The van der Waals surface area contributed by atoms with Gasteiger partial charge in [-0.2, -0.15) is 0 Å². The highest BCUT2D eigenvalue weighted by Crippen LogP contribution is 2.47. The van der Waals surface area contributed by atoms with Crippen molar-refractivity contribution in [1.82, 2.24) is 4.98 Å². The van der Waals surface area contributed by atoms with Crippen LogP contribution >= 0.6 is 0 Å². The van der Waals surface area contributed by atoms with E-state index >= 15 is 0 Å².